The number of hydrogen-bond acceptors (Lipinski definition) is 4. The van der Waals surface area contributed by atoms with Crippen molar-refractivity contribution in [1.29, 1.82) is 5.26 Å². The van der Waals surface area contributed by atoms with Gasteiger partial charge in [0.1, 0.15) is 5.75 Å². The molecule has 0 radical (unpaired) electrons. The molecular formula is C17H16N4OS. The van der Waals surface area contributed by atoms with E-state index in [1.165, 1.54) is 0 Å². The van der Waals surface area contributed by atoms with E-state index in [4.69, 9.17) is 22.2 Å². The van der Waals surface area contributed by atoms with Crippen LogP contribution in [0.25, 0.3) is 5.70 Å². The molecule has 2 aromatic rings. The van der Waals surface area contributed by atoms with Crippen molar-refractivity contribution >= 4 is 28.7 Å². The SMILES string of the molecule is C=C(NNC(=S)Nc1ccccc1OC)c1ccc(C#N)cc1. The lowest BCUT2D eigenvalue weighted by Crippen LogP contribution is -2.38. The maximum atomic E-state index is 8.79. The lowest BCUT2D eigenvalue weighted by molar-refractivity contribution is 0.417. The van der Waals surface area contributed by atoms with Crippen LogP contribution >= 0.6 is 12.2 Å². The van der Waals surface area contributed by atoms with Gasteiger partial charge < -0.3 is 10.1 Å². The van der Waals surface area contributed by atoms with Gasteiger partial charge in [0.25, 0.3) is 0 Å². The molecule has 0 atom stereocenters. The molecular weight excluding hydrogens is 308 g/mol. The molecule has 0 unspecified atom stereocenters. The van der Waals surface area contributed by atoms with Gasteiger partial charge in [-0.25, -0.2) is 0 Å². The predicted molar refractivity (Wildman–Crippen MR) is 95.7 cm³/mol. The van der Waals surface area contributed by atoms with Crippen molar-refractivity contribution in [3.05, 3.63) is 66.2 Å². The summed E-state index contributed by atoms with van der Waals surface area (Å²) in [4.78, 5) is 0. The molecule has 0 saturated carbocycles. The normalized spacial score (nSPS) is 9.39. The zero-order chi connectivity index (χ0) is 16.7. The Labute approximate surface area is 140 Å². The molecule has 0 fully saturated rings. The molecule has 0 aliphatic heterocycles. The van der Waals surface area contributed by atoms with Crippen molar-refractivity contribution in [2.24, 2.45) is 0 Å². The number of hydrogen-bond donors (Lipinski definition) is 3. The van der Waals surface area contributed by atoms with Crippen LogP contribution in [0, 0.1) is 11.3 Å². The fraction of sp³-hybridized carbons (Fsp3) is 0.0588. The Hall–Kier alpha value is -3.04. The highest BCUT2D eigenvalue weighted by atomic mass is 32.1. The quantitative estimate of drug-likeness (QED) is 0.580. The standard InChI is InChI=1S/C17H16N4OS/c1-12(14-9-7-13(11-18)8-10-14)20-21-17(23)19-15-5-3-4-6-16(15)22-2/h3-10,20H,1H2,2H3,(H2,19,21,23). The third-order valence-corrected chi connectivity index (χ3v) is 3.25. The Morgan fingerprint density at radius 2 is 1.83 bits per heavy atom. The van der Waals surface area contributed by atoms with Crippen molar-refractivity contribution in [3.63, 3.8) is 0 Å². The molecule has 0 amide bonds. The van der Waals surface area contributed by atoms with Crippen LogP contribution in [-0.4, -0.2) is 12.2 Å². The molecule has 23 heavy (non-hydrogen) atoms. The number of nitriles is 1. The molecule has 0 bridgehead atoms. The summed E-state index contributed by atoms with van der Waals surface area (Å²) >= 11 is 5.23. The van der Waals surface area contributed by atoms with Gasteiger partial charge in [-0.1, -0.05) is 30.8 Å². The van der Waals surface area contributed by atoms with Crippen LogP contribution in [0.15, 0.2) is 55.1 Å². The van der Waals surface area contributed by atoms with Crippen LogP contribution in [0.4, 0.5) is 5.69 Å². The minimum Gasteiger partial charge on any atom is -0.495 e. The predicted octanol–water partition coefficient (Wildman–Crippen LogP) is 3.03. The number of benzene rings is 2. The molecule has 2 rings (SSSR count). The molecule has 116 valence electrons. The van der Waals surface area contributed by atoms with E-state index >= 15 is 0 Å². The van der Waals surface area contributed by atoms with Gasteiger partial charge in [-0.15, -0.1) is 0 Å². The maximum Gasteiger partial charge on any atom is 0.189 e. The van der Waals surface area contributed by atoms with Crippen LogP contribution in [-0.2, 0) is 0 Å². The van der Waals surface area contributed by atoms with Crippen molar-refractivity contribution in [1.82, 2.24) is 10.9 Å². The van der Waals surface area contributed by atoms with Crippen molar-refractivity contribution in [3.8, 4) is 11.8 Å². The first-order valence-corrected chi connectivity index (χ1v) is 7.20. The van der Waals surface area contributed by atoms with E-state index in [-0.39, 0.29) is 0 Å². The van der Waals surface area contributed by atoms with Crippen molar-refractivity contribution in [2.75, 3.05) is 12.4 Å². The third kappa shape index (κ3) is 4.46. The van der Waals surface area contributed by atoms with Gasteiger partial charge in [0.15, 0.2) is 5.11 Å². The number of hydrazine groups is 1. The lowest BCUT2D eigenvalue weighted by Gasteiger charge is -2.15. The zero-order valence-electron chi connectivity index (χ0n) is 12.6. The number of thiocarbonyl (C=S) groups is 1. The van der Waals surface area contributed by atoms with E-state index in [0.717, 1.165) is 11.3 Å². The minimum atomic E-state index is 0.379. The van der Waals surface area contributed by atoms with Crippen LogP contribution in [0.5, 0.6) is 5.75 Å². The first-order valence-electron chi connectivity index (χ1n) is 6.79. The molecule has 0 spiro atoms. The fourth-order valence-corrected chi connectivity index (χ4v) is 2.01. The molecule has 0 saturated heterocycles. The van der Waals surface area contributed by atoms with Gasteiger partial charge in [0.05, 0.1) is 30.1 Å². The smallest absolute Gasteiger partial charge is 0.189 e. The number of methoxy groups -OCH3 is 1. The van der Waals surface area contributed by atoms with Gasteiger partial charge in [0.2, 0.25) is 0 Å². The second kappa shape index (κ2) is 7.82. The Morgan fingerprint density at radius 1 is 1.13 bits per heavy atom. The molecule has 3 N–H and O–H groups in total. The van der Waals surface area contributed by atoms with E-state index in [9.17, 15) is 0 Å². The average Bonchev–Trinajstić information content (AvgIpc) is 2.60. The van der Waals surface area contributed by atoms with E-state index in [0.29, 0.717) is 22.1 Å². The monoisotopic (exact) mass is 324 g/mol. The molecule has 0 aliphatic carbocycles. The molecule has 5 nitrogen and oxygen atoms in total. The highest BCUT2D eigenvalue weighted by Crippen LogP contribution is 2.22. The van der Waals surface area contributed by atoms with Crippen LogP contribution < -0.4 is 20.9 Å². The van der Waals surface area contributed by atoms with Gasteiger partial charge in [-0.05, 0) is 42.0 Å². The second-order valence-electron chi connectivity index (χ2n) is 4.57. The number of nitrogens with zero attached hydrogens (tertiary/aromatic N) is 1. The number of anilines is 1. The van der Waals surface area contributed by atoms with Crippen molar-refractivity contribution in [2.45, 2.75) is 0 Å². The topological polar surface area (TPSA) is 69.1 Å². The first-order chi connectivity index (χ1) is 11.1. The third-order valence-electron chi connectivity index (χ3n) is 3.04. The van der Waals surface area contributed by atoms with Gasteiger partial charge in [-0.2, -0.15) is 5.26 Å². The Kier molecular flexibility index (Phi) is 5.56. The molecule has 2 aromatic carbocycles. The fourth-order valence-electron chi connectivity index (χ4n) is 1.85. The highest BCUT2D eigenvalue weighted by Gasteiger charge is 2.04. The minimum absolute atomic E-state index is 0.379. The first kappa shape index (κ1) is 16.3. The number of para-hydroxylation sites is 2. The van der Waals surface area contributed by atoms with Gasteiger partial charge in [-0.3, -0.25) is 10.9 Å². The number of ether oxygens (including phenoxy) is 1. The molecule has 0 heterocycles. The number of rotatable bonds is 5. The molecule has 0 aromatic heterocycles. The summed E-state index contributed by atoms with van der Waals surface area (Å²) in [6, 6.07) is 16.6. The largest absolute Gasteiger partial charge is 0.495 e. The van der Waals surface area contributed by atoms with Crippen molar-refractivity contribution < 1.29 is 4.74 Å². The summed E-state index contributed by atoms with van der Waals surface area (Å²) in [6.45, 7) is 3.92. The molecule has 0 aliphatic rings. The Balaban J connectivity index is 1.91. The number of nitrogens with one attached hydrogen (secondary N) is 3. The van der Waals surface area contributed by atoms with E-state index < -0.39 is 0 Å². The van der Waals surface area contributed by atoms with Crippen LogP contribution in [0.3, 0.4) is 0 Å². The summed E-state index contributed by atoms with van der Waals surface area (Å²) in [5.74, 6) is 0.697. The highest BCUT2D eigenvalue weighted by molar-refractivity contribution is 7.80. The van der Waals surface area contributed by atoms with Crippen LogP contribution in [0.2, 0.25) is 0 Å². The van der Waals surface area contributed by atoms with E-state index in [1.807, 2.05) is 36.4 Å². The Bertz CT molecular complexity index is 750. The summed E-state index contributed by atoms with van der Waals surface area (Å²) in [5, 5.41) is 12.2. The van der Waals surface area contributed by atoms with Crippen LogP contribution in [0.1, 0.15) is 11.1 Å². The van der Waals surface area contributed by atoms with E-state index in [2.05, 4.69) is 28.8 Å². The van der Waals surface area contributed by atoms with Gasteiger partial charge >= 0.3 is 0 Å². The average molecular weight is 324 g/mol. The summed E-state index contributed by atoms with van der Waals surface area (Å²) in [7, 11) is 1.60. The second-order valence-corrected chi connectivity index (χ2v) is 4.98. The zero-order valence-corrected chi connectivity index (χ0v) is 13.4. The summed E-state index contributed by atoms with van der Waals surface area (Å²) in [5.41, 5.74) is 8.64. The maximum absolute atomic E-state index is 8.79. The summed E-state index contributed by atoms with van der Waals surface area (Å²) < 4.78 is 5.25. The molecule has 6 heteroatoms. The van der Waals surface area contributed by atoms with Gasteiger partial charge in [0, 0.05) is 0 Å². The Morgan fingerprint density at radius 3 is 2.48 bits per heavy atom. The summed E-state index contributed by atoms with van der Waals surface area (Å²) in [6.07, 6.45) is 0. The lowest BCUT2D eigenvalue weighted by atomic mass is 10.1. The van der Waals surface area contributed by atoms with E-state index in [1.54, 1.807) is 19.2 Å².